The molecule has 31 heavy (non-hydrogen) atoms. The molecule has 3 heterocycles. The maximum atomic E-state index is 14.9. The summed E-state index contributed by atoms with van der Waals surface area (Å²) in [6.07, 6.45) is -5.10. The van der Waals surface area contributed by atoms with Gasteiger partial charge in [0.05, 0.1) is 13.2 Å². The first kappa shape index (κ1) is 21.6. The molecule has 0 aliphatic carbocycles. The van der Waals surface area contributed by atoms with Gasteiger partial charge in [-0.2, -0.15) is 0 Å². The van der Waals surface area contributed by atoms with Gasteiger partial charge in [0.1, 0.15) is 12.2 Å². The average Bonchev–Trinajstić information content (AvgIpc) is 3.18. The number of rotatable bonds is 6. The van der Waals surface area contributed by atoms with Crippen molar-refractivity contribution in [2.24, 2.45) is 0 Å². The van der Waals surface area contributed by atoms with Gasteiger partial charge in [-0.25, -0.2) is 13.5 Å². The minimum Gasteiger partial charge on any atom is -0.387 e. The number of nitrogen functional groups attached to an aromatic ring is 1. The predicted octanol–water partition coefficient (Wildman–Crippen LogP) is -0.652. The van der Waals surface area contributed by atoms with Crippen molar-refractivity contribution in [1.82, 2.24) is 14.5 Å². The third-order valence-electron chi connectivity index (χ3n) is 4.86. The summed E-state index contributed by atoms with van der Waals surface area (Å²) < 4.78 is 38.4. The largest absolute Gasteiger partial charge is 0.469 e. The van der Waals surface area contributed by atoms with E-state index < -0.39 is 44.6 Å². The van der Waals surface area contributed by atoms with Crippen LogP contribution in [0.1, 0.15) is 11.8 Å². The fourth-order valence-corrected chi connectivity index (χ4v) is 3.84. The van der Waals surface area contributed by atoms with Gasteiger partial charge in [0.2, 0.25) is 11.7 Å². The van der Waals surface area contributed by atoms with Gasteiger partial charge in [0.25, 0.3) is 11.5 Å². The van der Waals surface area contributed by atoms with Crippen molar-refractivity contribution < 1.29 is 37.7 Å². The number of fused-ring (bicyclic) bond motifs is 1. The predicted molar refractivity (Wildman–Crippen MR) is 103 cm³/mol. The summed E-state index contributed by atoms with van der Waals surface area (Å²) in [4.78, 5) is 36.7. The van der Waals surface area contributed by atoms with Crippen molar-refractivity contribution in [3.63, 3.8) is 0 Å². The highest BCUT2D eigenvalue weighted by atomic mass is 31.2. The minimum absolute atomic E-state index is 0.0218. The molecule has 4 rings (SSSR count). The van der Waals surface area contributed by atoms with E-state index in [1.54, 1.807) is 0 Å². The molecule has 0 radical (unpaired) electrons. The summed E-state index contributed by atoms with van der Waals surface area (Å²) in [6.45, 7) is -0.474. The van der Waals surface area contributed by atoms with Crippen LogP contribution in [0.2, 0.25) is 0 Å². The highest BCUT2D eigenvalue weighted by Gasteiger charge is 2.49. The van der Waals surface area contributed by atoms with Gasteiger partial charge in [-0.3, -0.25) is 18.9 Å². The molecular weight excluding hydrogens is 436 g/mol. The van der Waals surface area contributed by atoms with Crippen LogP contribution in [0.3, 0.4) is 0 Å². The lowest BCUT2D eigenvalue weighted by molar-refractivity contribution is -0.744. The van der Waals surface area contributed by atoms with Crippen LogP contribution in [0.5, 0.6) is 0 Å². The quantitative estimate of drug-likeness (QED) is 0.238. The molecule has 0 amide bonds. The van der Waals surface area contributed by atoms with E-state index in [1.165, 1.54) is 15.5 Å². The molecule has 0 saturated carbocycles. The monoisotopic (exact) mass is 456 g/mol. The Labute approximate surface area is 173 Å². The number of phosphoric acid groups is 1. The van der Waals surface area contributed by atoms with E-state index in [9.17, 15) is 18.9 Å². The number of halogens is 1. The Kier molecular flexibility index (Phi) is 5.64. The molecule has 12 nitrogen and oxygen atoms in total. The number of nitrogens with two attached hydrogens (primary N) is 1. The summed E-state index contributed by atoms with van der Waals surface area (Å²) in [5.74, 6) is -0.195. The summed E-state index contributed by atoms with van der Waals surface area (Å²) in [5.41, 5.74) is 6.10. The van der Waals surface area contributed by atoms with Crippen LogP contribution in [0, 0.1) is 0 Å². The molecule has 1 saturated heterocycles. The van der Waals surface area contributed by atoms with Gasteiger partial charge in [0, 0.05) is 0 Å². The van der Waals surface area contributed by atoms with Crippen molar-refractivity contribution in [2.45, 2.75) is 31.2 Å². The van der Waals surface area contributed by atoms with Crippen LogP contribution in [-0.4, -0.2) is 54.4 Å². The van der Waals surface area contributed by atoms with Gasteiger partial charge in [-0.15, -0.1) is 0 Å². The summed E-state index contributed by atoms with van der Waals surface area (Å²) in [6, 6.07) is 9.19. The number of H-pyrrole nitrogens is 1. The maximum Gasteiger partial charge on any atom is 0.469 e. The number of aliphatic hydroxyl groups is 1. The zero-order chi connectivity index (χ0) is 22.3. The van der Waals surface area contributed by atoms with Gasteiger partial charge >= 0.3 is 13.5 Å². The van der Waals surface area contributed by atoms with Crippen LogP contribution in [-0.2, 0) is 20.4 Å². The number of phosphoric ester groups is 1. The van der Waals surface area contributed by atoms with Crippen LogP contribution in [0.25, 0.3) is 11.2 Å². The summed E-state index contributed by atoms with van der Waals surface area (Å²) >= 11 is 0. The van der Waals surface area contributed by atoms with Crippen LogP contribution < -0.4 is 15.9 Å². The molecule has 2 aromatic heterocycles. The fraction of sp³-hybridized carbons (Fsp3) is 0.353. The smallest absolute Gasteiger partial charge is 0.387 e. The zero-order valence-electron chi connectivity index (χ0n) is 15.9. The molecule has 166 valence electrons. The van der Waals surface area contributed by atoms with E-state index in [-0.39, 0.29) is 23.7 Å². The number of hydrogen-bond acceptors (Lipinski definition) is 7. The molecule has 1 aromatic carbocycles. The van der Waals surface area contributed by atoms with Crippen molar-refractivity contribution in [3.05, 3.63) is 52.6 Å². The van der Waals surface area contributed by atoms with E-state index in [1.807, 2.05) is 30.3 Å². The second-order valence-electron chi connectivity index (χ2n) is 7.05. The Balaban J connectivity index is 1.73. The third-order valence-corrected chi connectivity index (χ3v) is 5.35. The molecule has 1 aliphatic rings. The molecule has 1 fully saturated rings. The number of aliphatic hydroxyl groups excluding tert-OH is 1. The Morgan fingerprint density at radius 1 is 1.35 bits per heavy atom. The van der Waals surface area contributed by atoms with E-state index in [0.29, 0.717) is 0 Å². The molecule has 0 bridgehead atoms. The first-order chi connectivity index (χ1) is 14.6. The third kappa shape index (κ3) is 4.37. The number of imidazole rings is 1. The van der Waals surface area contributed by atoms with Crippen molar-refractivity contribution in [2.75, 3.05) is 12.3 Å². The molecule has 14 heteroatoms. The fourth-order valence-electron chi connectivity index (χ4n) is 3.50. The number of alkyl halides is 1. The molecule has 1 aliphatic heterocycles. The molecule has 3 aromatic rings. The number of nitrogens with one attached hydrogen (secondary N) is 1. The topological polar surface area (TPSA) is 177 Å². The number of ether oxygens (including phenoxy) is 1. The van der Waals surface area contributed by atoms with Crippen LogP contribution in [0.15, 0.2) is 41.5 Å². The van der Waals surface area contributed by atoms with E-state index >= 15 is 0 Å². The van der Waals surface area contributed by atoms with E-state index in [0.717, 1.165) is 5.56 Å². The number of aromatic amines is 1. The van der Waals surface area contributed by atoms with Crippen LogP contribution in [0.4, 0.5) is 10.3 Å². The zero-order valence-corrected chi connectivity index (χ0v) is 16.8. The average molecular weight is 456 g/mol. The maximum absolute atomic E-state index is 14.9. The molecule has 4 atom stereocenters. The van der Waals surface area contributed by atoms with Gasteiger partial charge < -0.3 is 25.4 Å². The van der Waals surface area contributed by atoms with Gasteiger partial charge in [0.15, 0.2) is 12.5 Å². The Morgan fingerprint density at radius 2 is 2.06 bits per heavy atom. The normalized spacial score (nSPS) is 24.1. The number of anilines is 1. The number of hydrogen-bond donors (Lipinski definition) is 5. The molecular formula is C17H20FN5O7P+. The van der Waals surface area contributed by atoms with Crippen molar-refractivity contribution >= 4 is 24.9 Å². The Hall–Kier alpha value is -2.67. The first-order valence-corrected chi connectivity index (χ1v) is 10.7. The van der Waals surface area contributed by atoms with Gasteiger partial charge in [-0.1, -0.05) is 35.3 Å². The van der Waals surface area contributed by atoms with Gasteiger partial charge in [-0.05, 0) is 5.56 Å². The lowest BCUT2D eigenvalue weighted by Gasteiger charge is -2.14. The SMILES string of the molecule is Nc1nc2c(c(=O)[nH]1)n(Cc1ccccc1)c[n+]2[C@@H]1O[C@H](COP(=O)(O)O)[C@@H](O)[C@@H]1F. The highest BCUT2D eigenvalue weighted by molar-refractivity contribution is 7.46. The number of nitrogens with zero attached hydrogens (tertiary/aromatic N) is 3. The van der Waals surface area contributed by atoms with Crippen molar-refractivity contribution in [3.8, 4) is 0 Å². The molecule has 6 N–H and O–H groups in total. The summed E-state index contributed by atoms with van der Waals surface area (Å²) in [5, 5.41) is 10.1. The van der Waals surface area contributed by atoms with Crippen molar-refractivity contribution in [1.29, 1.82) is 0 Å². The number of benzene rings is 1. The van der Waals surface area contributed by atoms with Crippen LogP contribution >= 0.6 is 7.82 Å². The first-order valence-electron chi connectivity index (χ1n) is 9.15. The Bertz CT molecular complexity index is 1200. The number of aromatic nitrogens is 4. The lowest BCUT2D eigenvalue weighted by Crippen LogP contribution is -2.44. The molecule has 0 unspecified atom stereocenters. The van der Waals surface area contributed by atoms with E-state index in [2.05, 4.69) is 14.5 Å². The standard InChI is InChI=1S/C17H19FN5O7P/c18-11-13(24)10(7-29-31(26,27)28)30-16(11)23-8-22(6-9-4-2-1-3-5-9)12-14(23)20-17(19)21-15(12)25/h1-5,8,10-11,13,16,24H,6-7H2,(H4-,19,20,21,25,26,27,28)/p+1/t10-,11+,13-,16-/m1/s1. The Morgan fingerprint density at radius 3 is 2.74 bits per heavy atom. The summed E-state index contributed by atoms with van der Waals surface area (Å²) in [7, 11) is -4.84. The lowest BCUT2D eigenvalue weighted by atomic mass is 10.1. The second-order valence-corrected chi connectivity index (χ2v) is 8.29. The highest BCUT2D eigenvalue weighted by Crippen LogP contribution is 2.38. The minimum atomic E-state index is -4.84. The van der Waals surface area contributed by atoms with E-state index in [4.69, 9.17) is 20.3 Å². The second kappa shape index (κ2) is 8.11. The molecule has 0 spiro atoms.